The lowest BCUT2D eigenvalue weighted by Gasteiger charge is -2.16. The van der Waals surface area contributed by atoms with Crippen molar-refractivity contribution in [1.29, 1.82) is 0 Å². The zero-order chi connectivity index (χ0) is 21.3. The fourth-order valence-electron chi connectivity index (χ4n) is 2.26. The lowest BCUT2D eigenvalue weighted by Crippen LogP contribution is -2.29. The monoisotopic (exact) mass is 458 g/mol. The Morgan fingerprint density at radius 1 is 1.25 bits per heavy atom. The van der Waals surface area contributed by atoms with Crippen molar-refractivity contribution in [1.82, 2.24) is 0 Å². The van der Waals surface area contributed by atoms with Crippen molar-refractivity contribution >= 4 is 63.0 Å². The van der Waals surface area contributed by atoms with Crippen molar-refractivity contribution in [2.45, 2.75) is 36.7 Å². The van der Waals surface area contributed by atoms with E-state index >= 15 is 0 Å². The molecule has 0 aromatic heterocycles. The zero-order valence-corrected chi connectivity index (χ0v) is 16.3. The minimum atomic E-state index is -5.15. The Hall–Kier alpha value is -1.92. The quantitative estimate of drug-likeness (QED) is 0.224. The third-order valence-corrected chi connectivity index (χ3v) is 5.54. The Morgan fingerprint density at radius 2 is 1.89 bits per heavy atom. The summed E-state index contributed by atoms with van der Waals surface area (Å²) in [6, 6.07) is 0.576. The van der Waals surface area contributed by atoms with Crippen LogP contribution in [0.1, 0.15) is 31.7 Å². The van der Waals surface area contributed by atoms with Crippen molar-refractivity contribution in [3.8, 4) is 0 Å². The number of hydrogen-bond acceptors (Lipinski definition) is 7. The van der Waals surface area contributed by atoms with E-state index < -0.39 is 43.0 Å². The summed E-state index contributed by atoms with van der Waals surface area (Å²) < 4.78 is 42.4. The Labute approximate surface area is 170 Å². The predicted molar refractivity (Wildman–Crippen MR) is 101 cm³/mol. The van der Waals surface area contributed by atoms with E-state index in [0.29, 0.717) is 30.9 Å². The molecule has 1 aliphatic heterocycles. The smallest absolute Gasteiger partial charge is 0.258 e. The summed E-state index contributed by atoms with van der Waals surface area (Å²) in [5.74, 6) is 0. The highest BCUT2D eigenvalue weighted by molar-refractivity contribution is 8.14. The molecule has 0 saturated heterocycles. The summed E-state index contributed by atoms with van der Waals surface area (Å²) in [4.78, 5) is 23.5. The molecule has 0 aliphatic carbocycles. The van der Waals surface area contributed by atoms with Crippen LogP contribution in [0.2, 0.25) is 0 Å². The number of benzene rings is 1. The number of halogens is 5. The number of hydrogen-bond donors (Lipinski definition) is 0. The van der Waals surface area contributed by atoms with Crippen molar-refractivity contribution < 1.29 is 23.0 Å². The fraction of sp³-hybridized carbons (Fsp3) is 0.429. The molecule has 0 bridgehead atoms. The van der Waals surface area contributed by atoms with Gasteiger partial charge in [-0.25, -0.2) is 9.39 Å². The molecule has 1 aromatic rings. The zero-order valence-electron chi connectivity index (χ0n) is 14.0. The number of alkyl halides is 5. The molecule has 152 valence electrons. The van der Waals surface area contributed by atoms with Crippen LogP contribution in [0.15, 0.2) is 21.5 Å². The van der Waals surface area contributed by atoms with Crippen LogP contribution in [-0.4, -0.2) is 24.9 Å². The van der Waals surface area contributed by atoms with Gasteiger partial charge < -0.3 is 0 Å². The normalized spacial score (nSPS) is 17.6. The minimum Gasteiger partial charge on any atom is -0.258 e. The second-order valence-corrected chi connectivity index (χ2v) is 7.68. The largest absolute Gasteiger partial charge is 0.418 e. The molecule has 1 heterocycles. The molecular weight excluding hydrogens is 448 g/mol. The topological polar surface area (TPSA) is 111 Å². The number of nitro benzene ring substituents is 2. The molecule has 0 amide bonds. The first-order valence-electron chi connectivity index (χ1n) is 7.65. The van der Waals surface area contributed by atoms with E-state index in [9.17, 15) is 33.4 Å². The van der Waals surface area contributed by atoms with Gasteiger partial charge in [0.2, 0.25) is 4.33 Å². The number of aliphatic imine (C=N–C) groups is 1. The van der Waals surface area contributed by atoms with Gasteiger partial charge in [-0.2, -0.15) is 13.2 Å². The third-order valence-electron chi connectivity index (χ3n) is 3.64. The molecule has 0 radical (unpaired) electrons. The van der Waals surface area contributed by atoms with Crippen LogP contribution in [0.25, 0.3) is 0 Å². The Bertz CT molecular complexity index is 890. The van der Waals surface area contributed by atoms with E-state index in [1.807, 2.05) is 6.92 Å². The number of nitro groups is 2. The van der Waals surface area contributed by atoms with Gasteiger partial charge >= 0.3 is 11.9 Å². The lowest BCUT2D eigenvalue weighted by molar-refractivity contribution is -0.394. The average molecular weight is 459 g/mol. The molecular formula is C14H11Cl2F3N4O4S. The molecule has 1 aliphatic rings. The molecule has 2 rings (SSSR count). The fourth-order valence-corrected chi connectivity index (χ4v) is 3.71. The molecule has 0 fully saturated rings. The van der Waals surface area contributed by atoms with Gasteiger partial charge in [0.25, 0.3) is 5.69 Å². The van der Waals surface area contributed by atoms with Gasteiger partial charge in [0.05, 0.1) is 27.2 Å². The van der Waals surface area contributed by atoms with E-state index in [4.69, 9.17) is 23.2 Å². The number of rotatable bonds is 6. The molecule has 28 heavy (non-hydrogen) atoms. The summed E-state index contributed by atoms with van der Waals surface area (Å²) >= 11 is 13.0. The highest BCUT2D eigenvalue weighted by atomic mass is 35.5. The second kappa shape index (κ2) is 8.21. The van der Waals surface area contributed by atoms with Crippen LogP contribution in [0, 0.1) is 20.2 Å². The SMILES string of the molecule is CCCCC1=NSC(=Nc2c([N+](=O)[O-])cc([N+](=O)[O-])cc2C(F)(F)F)C1(Cl)Cl. The van der Waals surface area contributed by atoms with E-state index in [0.717, 1.165) is 6.42 Å². The number of non-ortho nitro benzene ring substituents is 1. The van der Waals surface area contributed by atoms with Gasteiger partial charge in [0.1, 0.15) is 5.04 Å². The Morgan fingerprint density at radius 3 is 2.39 bits per heavy atom. The first-order chi connectivity index (χ1) is 12.9. The van der Waals surface area contributed by atoms with Crippen molar-refractivity contribution in [2.24, 2.45) is 9.39 Å². The Kier molecular flexibility index (Phi) is 6.56. The average Bonchev–Trinajstić information content (AvgIpc) is 2.85. The lowest BCUT2D eigenvalue weighted by atomic mass is 10.1. The van der Waals surface area contributed by atoms with E-state index in [2.05, 4.69) is 9.39 Å². The first-order valence-corrected chi connectivity index (χ1v) is 9.17. The summed E-state index contributed by atoms with van der Waals surface area (Å²) in [5.41, 5.74) is -4.79. The van der Waals surface area contributed by atoms with Gasteiger partial charge in [-0.05, 0) is 12.8 Å². The van der Waals surface area contributed by atoms with E-state index in [-0.39, 0.29) is 16.8 Å². The summed E-state index contributed by atoms with van der Waals surface area (Å²) in [6.45, 7) is 1.90. The third kappa shape index (κ3) is 4.55. The van der Waals surface area contributed by atoms with Gasteiger partial charge in [0, 0.05) is 18.0 Å². The molecule has 0 spiro atoms. The Balaban J connectivity index is 2.67. The van der Waals surface area contributed by atoms with Gasteiger partial charge in [-0.3, -0.25) is 20.2 Å². The first kappa shape index (κ1) is 22.4. The second-order valence-electron chi connectivity index (χ2n) is 5.60. The molecule has 0 unspecified atom stereocenters. The van der Waals surface area contributed by atoms with Crippen molar-refractivity contribution in [3.05, 3.63) is 37.9 Å². The maximum atomic E-state index is 13.4. The van der Waals surface area contributed by atoms with Gasteiger partial charge in [0.15, 0.2) is 5.69 Å². The van der Waals surface area contributed by atoms with Crippen molar-refractivity contribution in [3.63, 3.8) is 0 Å². The highest BCUT2D eigenvalue weighted by Crippen LogP contribution is 2.47. The van der Waals surface area contributed by atoms with Crippen LogP contribution in [0.3, 0.4) is 0 Å². The van der Waals surface area contributed by atoms with Crippen LogP contribution in [0.4, 0.5) is 30.2 Å². The van der Waals surface area contributed by atoms with Crippen LogP contribution >= 0.6 is 35.1 Å². The highest BCUT2D eigenvalue weighted by Gasteiger charge is 2.45. The molecule has 0 saturated carbocycles. The number of unbranched alkanes of at least 4 members (excludes halogenated alkanes) is 1. The van der Waals surface area contributed by atoms with E-state index in [1.54, 1.807) is 0 Å². The molecule has 14 heteroatoms. The molecule has 0 N–H and O–H groups in total. The van der Waals surface area contributed by atoms with Crippen LogP contribution in [-0.2, 0) is 6.18 Å². The summed E-state index contributed by atoms with van der Waals surface area (Å²) in [5, 5.41) is 21.8. The minimum absolute atomic E-state index is 0.176. The maximum Gasteiger partial charge on any atom is 0.418 e. The molecule has 8 nitrogen and oxygen atoms in total. The summed E-state index contributed by atoms with van der Waals surface area (Å²) in [7, 11) is 0. The molecule has 1 aromatic carbocycles. The van der Waals surface area contributed by atoms with Gasteiger partial charge in [-0.15, -0.1) is 0 Å². The standard InChI is InChI=1S/C14H11Cl2F3N4O4S/c1-2-3-4-10-13(15,16)12(28-21-10)20-11-8(14(17,18)19)5-7(22(24)25)6-9(11)23(26)27/h5-6H,2-4H2,1H3. The maximum absolute atomic E-state index is 13.4. The van der Waals surface area contributed by atoms with Crippen molar-refractivity contribution in [2.75, 3.05) is 0 Å². The van der Waals surface area contributed by atoms with E-state index in [1.165, 1.54) is 0 Å². The number of nitrogens with zero attached hydrogens (tertiary/aromatic N) is 4. The predicted octanol–water partition coefficient (Wildman–Crippen LogP) is 6.02. The van der Waals surface area contributed by atoms with Crippen LogP contribution in [0.5, 0.6) is 0 Å². The summed E-state index contributed by atoms with van der Waals surface area (Å²) in [6.07, 6.45) is -3.33. The molecule has 0 atom stereocenters. The van der Waals surface area contributed by atoms with Gasteiger partial charge in [-0.1, -0.05) is 36.5 Å². The van der Waals surface area contributed by atoms with Crippen LogP contribution < -0.4 is 0 Å².